The van der Waals surface area contributed by atoms with Gasteiger partial charge in [-0.05, 0) is 17.5 Å². The molecule has 0 radical (unpaired) electrons. The molecule has 2 heterocycles. The molecular formula is C15H14N4O2. The topological polar surface area (TPSA) is 69.8 Å². The minimum absolute atomic E-state index is 0.0754. The number of para-hydroxylation sites is 1. The predicted octanol–water partition coefficient (Wildman–Crippen LogP) is 1.38. The lowest BCUT2D eigenvalue weighted by atomic mass is 10.1. The number of carbonyl (C=O) groups excluding carboxylic acids is 1. The molecule has 0 amide bonds. The van der Waals surface area contributed by atoms with Crippen LogP contribution < -0.4 is 5.56 Å². The first kappa shape index (κ1) is 13.2. The molecule has 0 N–H and O–H groups in total. The number of aromatic nitrogens is 4. The summed E-state index contributed by atoms with van der Waals surface area (Å²) in [5.41, 5.74) is 1.71. The summed E-state index contributed by atoms with van der Waals surface area (Å²) < 4.78 is 3.12. The molecule has 0 aliphatic heterocycles. The highest BCUT2D eigenvalue weighted by Crippen LogP contribution is 2.12. The Bertz CT molecular complexity index is 892. The van der Waals surface area contributed by atoms with Crippen LogP contribution in [0.2, 0.25) is 0 Å². The first-order valence-electron chi connectivity index (χ1n) is 6.55. The third kappa shape index (κ3) is 2.35. The van der Waals surface area contributed by atoms with E-state index in [1.54, 1.807) is 17.8 Å². The molecule has 0 spiro atoms. The highest BCUT2D eigenvalue weighted by molar-refractivity contribution is 5.91. The van der Waals surface area contributed by atoms with E-state index >= 15 is 0 Å². The summed E-state index contributed by atoms with van der Waals surface area (Å²) >= 11 is 0. The summed E-state index contributed by atoms with van der Waals surface area (Å²) in [6.45, 7) is 1.72. The number of aryl methyl sites for hydroxylation is 1. The third-order valence-corrected chi connectivity index (χ3v) is 3.44. The first-order chi connectivity index (χ1) is 10.1. The maximum Gasteiger partial charge on any atom is 0.255 e. The Labute approximate surface area is 120 Å². The zero-order valence-electron chi connectivity index (χ0n) is 11.8. The molecule has 1 aromatic carbocycles. The smallest absolute Gasteiger partial charge is 0.255 e. The fourth-order valence-corrected chi connectivity index (χ4v) is 2.31. The van der Waals surface area contributed by atoms with E-state index in [0.29, 0.717) is 11.3 Å². The molecule has 0 aliphatic rings. The molecule has 0 unspecified atom stereocenters. The van der Waals surface area contributed by atoms with Crippen LogP contribution >= 0.6 is 0 Å². The Kier molecular flexibility index (Phi) is 3.13. The minimum atomic E-state index is -0.146. The van der Waals surface area contributed by atoms with Crippen molar-refractivity contribution < 1.29 is 4.79 Å². The normalized spacial score (nSPS) is 11.0. The van der Waals surface area contributed by atoms with Crippen LogP contribution in [-0.2, 0) is 13.6 Å². The number of Topliss-reactive ketones (excluding diaryl/α,β-unsaturated/α-hetero) is 1. The van der Waals surface area contributed by atoms with Gasteiger partial charge in [0, 0.05) is 19.5 Å². The van der Waals surface area contributed by atoms with E-state index in [0.717, 1.165) is 10.9 Å². The number of pyridine rings is 1. The summed E-state index contributed by atoms with van der Waals surface area (Å²) in [6.07, 6.45) is 1.55. The van der Waals surface area contributed by atoms with Gasteiger partial charge in [-0.1, -0.05) is 23.4 Å². The molecule has 0 bridgehead atoms. The molecule has 3 rings (SSSR count). The molecule has 0 atom stereocenters. The summed E-state index contributed by atoms with van der Waals surface area (Å²) in [5, 5.41) is 8.65. The number of nitrogens with zero attached hydrogens (tertiary/aromatic N) is 4. The second-order valence-electron chi connectivity index (χ2n) is 4.95. The van der Waals surface area contributed by atoms with Crippen LogP contribution in [0.25, 0.3) is 10.9 Å². The fraction of sp³-hybridized carbons (Fsp3) is 0.200. The van der Waals surface area contributed by atoms with Crippen LogP contribution in [0.3, 0.4) is 0 Å². The second-order valence-corrected chi connectivity index (χ2v) is 4.95. The Balaban J connectivity index is 2.06. The van der Waals surface area contributed by atoms with E-state index in [1.807, 2.05) is 30.3 Å². The van der Waals surface area contributed by atoms with Crippen LogP contribution in [0.1, 0.15) is 23.0 Å². The fourth-order valence-electron chi connectivity index (χ4n) is 2.31. The molecular weight excluding hydrogens is 268 g/mol. The van der Waals surface area contributed by atoms with E-state index in [4.69, 9.17) is 0 Å². The van der Waals surface area contributed by atoms with E-state index in [9.17, 15) is 9.59 Å². The summed E-state index contributed by atoms with van der Waals surface area (Å²) in [4.78, 5) is 23.6. The number of ketones is 1. The highest BCUT2D eigenvalue weighted by Gasteiger charge is 2.10. The summed E-state index contributed by atoms with van der Waals surface area (Å²) in [7, 11) is 1.75. The van der Waals surface area contributed by atoms with Crippen molar-refractivity contribution in [3.8, 4) is 0 Å². The van der Waals surface area contributed by atoms with E-state index in [1.165, 1.54) is 11.6 Å². The van der Waals surface area contributed by atoms with Gasteiger partial charge in [0.25, 0.3) is 5.56 Å². The molecule has 21 heavy (non-hydrogen) atoms. The standard InChI is InChI=1S/C15H14N4O2/c1-10(20)13-9-19(17-16-13)8-12-7-11-5-3-4-6-14(11)18(2)15(12)21/h3-7,9H,8H2,1-2H3. The first-order valence-corrected chi connectivity index (χ1v) is 6.55. The Morgan fingerprint density at radius 3 is 2.76 bits per heavy atom. The second kappa shape index (κ2) is 4.97. The monoisotopic (exact) mass is 282 g/mol. The van der Waals surface area contributed by atoms with Gasteiger partial charge in [-0.2, -0.15) is 0 Å². The van der Waals surface area contributed by atoms with Crippen molar-refractivity contribution >= 4 is 16.7 Å². The van der Waals surface area contributed by atoms with Gasteiger partial charge in [-0.25, -0.2) is 4.68 Å². The van der Waals surface area contributed by atoms with Crippen molar-refractivity contribution in [3.05, 3.63) is 58.1 Å². The molecule has 6 heteroatoms. The van der Waals surface area contributed by atoms with E-state index in [-0.39, 0.29) is 17.9 Å². The Morgan fingerprint density at radius 2 is 2.05 bits per heavy atom. The maximum atomic E-state index is 12.4. The van der Waals surface area contributed by atoms with Gasteiger partial charge in [-0.15, -0.1) is 5.10 Å². The van der Waals surface area contributed by atoms with Crippen molar-refractivity contribution in [1.29, 1.82) is 0 Å². The summed E-state index contributed by atoms with van der Waals surface area (Å²) in [5.74, 6) is -0.146. The van der Waals surface area contributed by atoms with Crippen LogP contribution in [-0.4, -0.2) is 25.3 Å². The molecule has 106 valence electrons. The van der Waals surface area contributed by atoms with Gasteiger partial charge in [-0.3, -0.25) is 9.59 Å². The Morgan fingerprint density at radius 1 is 1.29 bits per heavy atom. The van der Waals surface area contributed by atoms with Crippen molar-refractivity contribution in [1.82, 2.24) is 19.6 Å². The number of benzene rings is 1. The van der Waals surface area contributed by atoms with E-state index < -0.39 is 0 Å². The molecule has 2 aromatic heterocycles. The van der Waals surface area contributed by atoms with Gasteiger partial charge < -0.3 is 4.57 Å². The molecule has 0 saturated heterocycles. The number of carbonyl (C=O) groups is 1. The average Bonchev–Trinajstić information content (AvgIpc) is 2.93. The van der Waals surface area contributed by atoms with Crippen molar-refractivity contribution in [2.24, 2.45) is 7.05 Å². The van der Waals surface area contributed by atoms with Gasteiger partial charge in [0.1, 0.15) is 5.69 Å². The number of rotatable bonds is 3. The van der Waals surface area contributed by atoms with Crippen LogP contribution in [0.15, 0.2) is 41.3 Å². The summed E-state index contributed by atoms with van der Waals surface area (Å²) in [6, 6.07) is 9.55. The van der Waals surface area contributed by atoms with Crippen LogP contribution in [0.4, 0.5) is 0 Å². The number of hydrogen-bond acceptors (Lipinski definition) is 4. The van der Waals surface area contributed by atoms with Crippen molar-refractivity contribution in [3.63, 3.8) is 0 Å². The molecule has 3 aromatic rings. The van der Waals surface area contributed by atoms with Gasteiger partial charge in [0.15, 0.2) is 5.78 Å². The zero-order chi connectivity index (χ0) is 15.0. The third-order valence-electron chi connectivity index (χ3n) is 3.44. The quantitative estimate of drug-likeness (QED) is 0.680. The maximum absolute atomic E-state index is 12.4. The lowest BCUT2D eigenvalue weighted by Gasteiger charge is -2.08. The lowest BCUT2D eigenvalue weighted by Crippen LogP contribution is -2.23. The van der Waals surface area contributed by atoms with Crippen LogP contribution in [0.5, 0.6) is 0 Å². The largest absolute Gasteiger partial charge is 0.311 e. The number of hydrogen-bond donors (Lipinski definition) is 0. The van der Waals surface area contributed by atoms with Gasteiger partial charge >= 0.3 is 0 Å². The minimum Gasteiger partial charge on any atom is -0.311 e. The van der Waals surface area contributed by atoms with Gasteiger partial charge in [0.2, 0.25) is 0 Å². The molecule has 0 aliphatic carbocycles. The Hall–Kier alpha value is -2.76. The van der Waals surface area contributed by atoms with Gasteiger partial charge in [0.05, 0.1) is 18.3 Å². The SMILES string of the molecule is CC(=O)c1cn(Cc2cc3ccccc3n(C)c2=O)nn1. The highest BCUT2D eigenvalue weighted by atomic mass is 16.1. The van der Waals surface area contributed by atoms with Crippen LogP contribution in [0, 0.1) is 0 Å². The van der Waals surface area contributed by atoms with Crippen molar-refractivity contribution in [2.75, 3.05) is 0 Å². The van der Waals surface area contributed by atoms with E-state index in [2.05, 4.69) is 10.3 Å². The number of fused-ring (bicyclic) bond motifs is 1. The molecule has 0 fully saturated rings. The average molecular weight is 282 g/mol. The molecule has 6 nitrogen and oxygen atoms in total. The predicted molar refractivity (Wildman–Crippen MR) is 78.3 cm³/mol. The van der Waals surface area contributed by atoms with Crippen molar-refractivity contribution in [2.45, 2.75) is 13.5 Å². The zero-order valence-corrected chi connectivity index (χ0v) is 11.8. The molecule has 0 saturated carbocycles. The lowest BCUT2D eigenvalue weighted by molar-refractivity contribution is 0.101.